The van der Waals surface area contributed by atoms with Crippen molar-refractivity contribution < 1.29 is 18.0 Å². The molecule has 0 saturated carbocycles. The molecule has 0 unspecified atom stereocenters. The van der Waals surface area contributed by atoms with Crippen LogP contribution in [0.25, 0.3) is 0 Å². The molecule has 1 N–H and O–H groups in total. The Morgan fingerprint density at radius 3 is 2.18 bits per heavy atom. The molecule has 0 aromatic heterocycles. The van der Waals surface area contributed by atoms with E-state index in [9.17, 15) is 18.0 Å². The Morgan fingerprint density at radius 1 is 1.00 bits per heavy atom. The van der Waals surface area contributed by atoms with E-state index >= 15 is 0 Å². The highest BCUT2D eigenvalue weighted by molar-refractivity contribution is 7.92. The first-order valence-corrected chi connectivity index (χ1v) is 13.6. The summed E-state index contributed by atoms with van der Waals surface area (Å²) in [6.45, 7) is 6.64. The smallest absolute Gasteiger partial charge is 0.242 e. The lowest BCUT2D eigenvalue weighted by Crippen LogP contribution is -2.48. The van der Waals surface area contributed by atoms with Gasteiger partial charge in [0, 0.05) is 31.1 Å². The first-order valence-electron chi connectivity index (χ1n) is 11.3. The van der Waals surface area contributed by atoms with Crippen LogP contribution in [0.3, 0.4) is 0 Å². The van der Waals surface area contributed by atoms with Gasteiger partial charge in [0.15, 0.2) is 0 Å². The molecule has 0 heterocycles. The Hall–Kier alpha value is -2.58. The Bertz CT molecular complexity index is 1040. The zero-order valence-corrected chi connectivity index (χ0v) is 21.8. The highest BCUT2D eigenvalue weighted by atomic mass is 35.5. The molecule has 34 heavy (non-hydrogen) atoms. The third kappa shape index (κ3) is 8.65. The number of anilines is 1. The summed E-state index contributed by atoms with van der Waals surface area (Å²) in [5.74, 6) is -0.154. The minimum Gasteiger partial charge on any atom is -0.354 e. The predicted octanol–water partition coefficient (Wildman–Crippen LogP) is 4.08. The van der Waals surface area contributed by atoms with Crippen LogP contribution in [0.2, 0.25) is 5.02 Å². The van der Waals surface area contributed by atoms with E-state index in [0.717, 1.165) is 11.8 Å². The fraction of sp³-hybridized carbons (Fsp3) is 0.440. The van der Waals surface area contributed by atoms with Crippen LogP contribution in [-0.4, -0.2) is 50.5 Å². The summed E-state index contributed by atoms with van der Waals surface area (Å²) in [6, 6.07) is 15.2. The first-order chi connectivity index (χ1) is 16.0. The van der Waals surface area contributed by atoms with Crippen LogP contribution < -0.4 is 9.62 Å². The zero-order chi connectivity index (χ0) is 25.3. The van der Waals surface area contributed by atoms with E-state index in [-0.39, 0.29) is 37.2 Å². The number of para-hydroxylation sites is 1. The van der Waals surface area contributed by atoms with Gasteiger partial charge >= 0.3 is 0 Å². The van der Waals surface area contributed by atoms with E-state index in [4.69, 9.17) is 11.6 Å². The predicted molar refractivity (Wildman–Crippen MR) is 137 cm³/mol. The van der Waals surface area contributed by atoms with Crippen molar-refractivity contribution in [2.24, 2.45) is 5.92 Å². The molecule has 0 radical (unpaired) electrons. The molecule has 2 amide bonds. The summed E-state index contributed by atoms with van der Waals surface area (Å²) < 4.78 is 25.9. The number of rotatable bonds is 12. The second-order valence-electron chi connectivity index (χ2n) is 8.74. The first kappa shape index (κ1) is 27.7. The maximum atomic E-state index is 13.2. The Kier molecular flexibility index (Phi) is 10.4. The standard InChI is InChI=1S/C25H34ClN3O4S/c1-19(2)17-27-25(31)20(3)28(18-21-12-14-22(26)15-13-21)24(30)11-8-16-29(34(4,32)33)23-9-6-5-7-10-23/h5-7,9-10,12-15,19-20H,8,11,16-18H2,1-4H3,(H,27,31)/t20-/m0/s1. The molecule has 0 spiro atoms. The van der Waals surface area contributed by atoms with Crippen molar-refractivity contribution >= 4 is 39.1 Å². The average molecular weight is 508 g/mol. The molecule has 0 aliphatic carbocycles. The van der Waals surface area contributed by atoms with Crippen LogP contribution in [0.5, 0.6) is 0 Å². The summed E-state index contributed by atoms with van der Waals surface area (Å²) in [7, 11) is -3.50. The molecule has 2 rings (SSSR count). The van der Waals surface area contributed by atoms with Gasteiger partial charge in [0.25, 0.3) is 0 Å². The molecule has 0 fully saturated rings. The Morgan fingerprint density at radius 2 is 1.62 bits per heavy atom. The number of hydrogen-bond donors (Lipinski definition) is 1. The van der Waals surface area contributed by atoms with Gasteiger partial charge in [-0.15, -0.1) is 0 Å². The van der Waals surface area contributed by atoms with Crippen molar-refractivity contribution in [2.45, 2.75) is 46.2 Å². The SMILES string of the molecule is CC(C)CNC(=O)[C@H](C)N(Cc1ccc(Cl)cc1)C(=O)CCCN(c1ccccc1)S(C)(=O)=O. The minimum absolute atomic E-state index is 0.105. The summed E-state index contributed by atoms with van der Waals surface area (Å²) in [5, 5.41) is 3.48. The van der Waals surface area contributed by atoms with Gasteiger partial charge in [-0.25, -0.2) is 8.42 Å². The monoisotopic (exact) mass is 507 g/mol. The molecule has 0 aliphatic rings. The molecule has 2 aromatic carbocycles. The fourth-order valence-electron chi connectivity index (χ4n) is 3.42. The zero-order valence-electron chi connectivity index (χ0n) is 20.2. The highest BCUT2D eigenvalue weighted by Crippen LogP contribution is 2.19. The van der Waals surface area contributed by atoms with Crippen LogP contribution in [0.1, 0.15) is 39.2 Å². The Labute approximate surface area is 208 Å². The second-order valence-corrected chi connectivity index (χ2v) is 11.1. The van der Waals surface area contributed by atoms with E-state index < -0.39 is 16.1 Å². The largest absolute Gasteiger partial charge is 0.354 e. The molecule has 0 aliphatic heterocycles. The average Bonchev–Trinajstić information content (AvgIpc) is 2.79. The van der Waals surface area contributed by atoms with E-state index in [1.165, 1.54) is 9.21 Å². The molecular formula is C25H34ClN3O4S. The number of halogens is 1. The quantitative estimate of drug-likeness (QED) is 0.469. The van der Waals surface area contributed by atoms with Gasteiger partial charge in [-0.1, -0.05) is 55.8 Å². The maximum Gasteiger partial charge on any atom is 0.242 e. The number of sulfonamides is 1. The lowest BCUT2D eigenvalue weighted by Gasteiger charge is -2.29. The van der Waals surface area contributed by atoms with Gasteiger partial charge in [-0.2, -0.15) is 0 Å². The topological polar surface area (TPSA) is 86.8 Å². The molecule has 0 saturated heterocycles. The van der Waals surface area contributed by atoms with Crippen LogP contribution in [-0.2, 0) is 26.2 Å². The number of amides is 2. The number of nitrogens with zero attached hydrogens (tertiary/aromatic N) is 2. The molecule has 9 heteroatoms. The van der Waals surface area contributed by atoms with Crippen molar-refractivity contribution in [3.05, 3.63) is 65.2 Å². The number of carbonyl (C=O) groups is 2. The van der Waals surface area contributed by atoms with Crippen molar-refractivity contribution in [1.29, 1.82) is 0 Å². The Balaban J connectivity index is 2.13. The lowest BCUT2D eigenvalue weighted by atomic mass is 10.1. The van der Waals surface area contributed by atoms with Gasteiger partial charge in [0.05, 0.1) is 11.9 Å². The molecule has 7 nitrogen and oxygen atoms in total. The van der Waals surface area contributed by atoms with Gasteiger partial charge in [0.1, 0.15) is 6.04 Å². The van der Waals surface area contributed by atoms with E-state index in [0.29, 0.717) is 23.7 Å². The van der Waals surface area contributed by atoms with Gasteiger partial charge in [-0.05, 0) is 49.1 Å². The molecule has 0 bridgehead atoms. The van der Waals surface area contributed by atoms with Crippen LogP contribution >= 0.6 is 11.6 Å². The fourth-order valence-corrected chi connectivity index (χ4v) is 4.51. The highest BCUT2D eigenvalue weighted by Gasteiger charge is 2.26. The number of carbonyl (C=O) groups excluding carboxylic acids is 2. The van der Waals surface area contributed by atoms with Gasteiger partial charge in [-0.3, -0.25) is 13.9 Å². The molecule has 1 atom stereocenters. The molecular weight excluding hydrogens is 474 g/mol. The summed E-state index contributed by atoms with van der Waals surface area (Å²) >= 11 is 5.98. The normalized spacial score (nSPS) is 12.3. The van der Waals surface area contributed by atoms with E-state index in [2.05, 4.69) is 5.32 Å². The molecule has 186 valence electrons. The number of nitrogens with one attached hydrogen (secondary N) is 1. The van der Waals surface area contributed by atoms with Gasteiger partial charge < -0.3 is 10.2 Å². The van der Waals surface area contributed by atoms with Crippen LogP contribution in [0, 0.1) is 5.92 Å². The van der Waals surface area contributed by atoms with Gasteiger partial charge in [0.2, 0.25) is 21.8 Å². The lowest BCUT2D eigenvalue weighted by molar-refractivity contribution is -0.140. The van der Waals surface area contributed by atoms with Crippen molar-refractivity contribution in [1.82, 2.24) is 10.2 Å². The van der Waals surface area contributed by atoms with Crippen LogP contribution in [0.4, 0.5) is 5.69 Å². The summed E-state index contributed by atoms with van der Waals surface area (Å²) in [4.78, 5) is 27.5. The third-order valence-corrected chi connectivity index (χ3v) is 6.76. The minimum atomic E-state index is -3.50. The van der Waals surface area contributed by atoms with Crippen molar-refractivity contribution in [3.8, 4) is 0 Å². The van der Waals surface area contributed by atoms with Crippen molar-refractivity contribution in [2.75, 3.05) is 23.7 Å². The van der Waals surface area contributed by atoms with E-state index in [1.54, 1.807) is 43.3 Å². The maximum absolute atomic E-state index is 13.2. The number of hydrogen-bond acceptors (Lipinski definition) is 4. The van der Waals surface area contributed by atoms with Crippen LogP contribution in [0.15, 0.2) is 54.6 Å². The summed E-state index contributed by atoms with van der Waals surface area (Å²) in [6.07, 6.45) is 1.57. The second kappa shape index (κ2) is 12.8. The van der Waals surface area contributed by atoms with Crippen molar-refractivity contribution in [3.63, 3.8) is 0 Å². The summed E-state index contributed by atoms with van der Waals surface area (Å²) in [5.41, 5.74) is 1.40. The third-order valence-electron chi connectivity index (χ3n) is 5.31. The van der Waals surface area contributed by atoms with E-state index in [1.807, 2.05) is 32.0 Å². The molecule has 2 aromatic rings. The number of benzene rings is 2.